The third-order valence-corrected chi connectivity index (χ3v) is 5.85. The number of nitrogens with one attached hydrogen (secondary N) is 2. The molecule has 0 bridgehead atoms. The van der Waals surface area contributed by atoms with Gasteiger partial charge in [-0.15, -0.1) is 24.0 Å². The van der Waals surface area contributed by atoms with Crippen molar-refractivity contribution in [1.82, 2.24) is 15.8 Å². The van der Waals surface area contributed by atoms with Gasteiger partial charge >= 0.3 is 0 Å². The number of halogens is 1. The Labute approximate surface area is 174 Å². The molecule has 2 N–H and O–H groups in total. The first-order valence-corrected chi connectivity index (χ1v) is 9.52. The van der Waals surface area contributed by atoms with E-state index in [0.717, 1.165) is 56.2 Å². The predicted molar refractivity (Wildman–Crippen MR) is 116 cm³/mol. The van der Waals surface area contributed by atoms with Crippen LogP contribution in [0.15, 0.2) is 9.52 Å². The van der Waals surface area contributed by atoms with Crippen molar-refractivity contribution in [3.05, 3.63) is 17.0 Å². The molecule has 1 aliphatic carbocycles. The molecule has 0 aliphatic heterocycles. The molecule has 0 saturated heterocycles. The third kappa shape index (κ3) is 4.71. The molecule has 1 saturated carbocycles. The molecule has 0 aromatic carbocycles. The fourth-order valence-corrected chi connectivity index (χ4v) is 4.11. The van der Waals surface area contributed by atoms with E-state index in [2.05, 4.69) is 41.6 Å². The molecule has 2 rings (SSSR count). The highest BCUT2D eigenvalue weighted by Gasteiger charge is 2.53. The highest BCUT2D eigenvalue weighted by Crippen LogP contribution is 2.48. The summed E-state index contributed by atoms with van der Waals surface area (Å²) in [5, 5.41) is 11.0. The number of nitrogens with zero attached hydrogens (tertiary/aromatic N) is 2. The maximum absolute atomic E-state index is 5.96. The van der Waals surface area contributed by atoms with E-state index < -0.39 is 0 Å². The molecule has 150 valence electrons. The standard InChI is InChI=1S/C19H34N4O2.HI/c1-7-19(8-2)16(12-17(19)24-9-3)22-18(20-6)21-11-10-15-13(4)23-25-14(15)5;/h16-17H,7-12H2,1-6H3,(H2,20,21,22);1H. The number of aliphatic imine (C=N–C) groups is 1. The van der Waals surface area contributed by atoms with Crippen molar-refractivity contribution >= 4 is 29.9 Å². The molecule has 1 fully saturated rings. The topological polar surface area (TPSA) is 71.7 Å². The Morgan fingerprint density at radius 2 is 2.00 bits per heavy atom. The van der Waals surface area contributed by atoms with Crippen molar-refractivity contribution < 1.29 is 9.26 Å². The third-order valence-electron chi connectivity index (χ3n) is 5.85. The van der Waals surface area contributed by atoms with Crippen LogP contribution in [0.25, 0.3) is 0 Å². The Morgan fingerprint density at radius 3 is 2.50 bits per heavy atom. The van der Waals surface area contributed by atoms with E-state index in [1.807, 2.05) is 20.9 Å². The lowest BCUT2D eigenvalue weighted by Gasteiger charge is -2.55. The lowest BCUT2D eigenvalue weighted by Crippen LogP contribution is -2.65. The van der Waals surface area contributed by atoms with E-state index in [9.17, 15) is 0 Å². The van der Waals surface area contributed by atoms with Crippen LogP contribution in [0.4, 0.5) is 0 Å². The van der Waals surface area contributed by atoms with E-state index in [-0.39, 0.29) is 29.4 Å². The molecule has 6 nitrogen and oxygen atoms in total. The lowest BCUT2D eigenvalue weighted by molar-refractivity contribution is -0.133. The zero-order chi connectivity index (χ0) is 18.4. The van der Waals surface area contributed by atoms with E-state index in [1.165, 1.54) is 5.56 Å². The summed E-state index contributed by atoms with van der Waals surface area (Å²) in [4.78, 5) is 4.39. The second-order valence-electron chi connectivity index (χ2n) is 6.87. The van der Waals surface area contributed by atoms with Gasteiger partial charge < -0.3 is 19.9 Å². The predicted octanol–water partition coefficient (Wildman–Crippen LogP) is 3.60. The Kier molecular flexibility index (Phi) is 9.36. The first kappa shape index (κ1) is 23.2. The summed E-state index contributed by atoms with van der Waals surface area (Å²) in [5.74, 6) is 1.76. The second kappa shape index (κ2) is 10.5. The minimum Gasteiger partial charge on any atom is -0.378 e. The summed E-state index contributed by atoms with van der Waals surface area (Å²) in [5.41, 5.74) is 2.35. The average Bonchev–Trinajstić information content (AvgIpc) is 2.92. The molecule has 0 radical (unpaired) electrons. The lowest BCUT2D eigenvalue weighted by atomic mass is 9.58. The summed E-state index contributed by atoms with van der Waals surface area (Å²) in [6.45, 7) is 12.1. The molecule has 1 aliphatic rings. The van der Waals surface area contributed by atoms with Crippen molar-refractivity contribution in [3.8, 4) is 0 Å². The van der Waals surface area contributed by atoms with Gasteiger partial charge in [0.25, 0.3) is 0 Å². The summed E-state index contributed by atoms with van der Waals surface area (Å²) in [6, 6.07) is 0.407. The van der Waals surface area contributed by atoms with Crippen LogP contribution in [0.2, 0.25) is 0 Å². The summed E-state index contributed by atoms with van der Waals surface area (Å²) >= 11 is 0. The van der Waals surface area contributed by atoms with Gasteiger partial charge in [-0.1, -0.05) is 19.0 Å². The second-order valence-corrected chi connectivity index (χ2v) is 6.87. The van der Waals surface area contributed by atoms with Gasteiger partial charge in [0.05, 0.1) is 11.8 Å². The van der Waals surface area contributed by atoms with Gasteiger partial charge in [0, 0.05) is 37.2 Å². The molecule has 7 heteroatoms. The van der Waals surface area contributed by atoms with Crippen LogP contribution in [0.1, 0.15) is 57.1 Å². The quantitative estimate of drug-likeness (QED) is 0.340. The Morgan fingerprint density at radius 1 is 1.31 bits per heavy atom. The molecular formula is C19H35IN4O2. The smallest absolute Gasteiger partial charge is 0.191 e. The fourth-order valence-electron chi connectivity index (χ4n) is 4.11. The summed E-state index contributed by atoms with van der Waals surface area (Å²) < 4.78 is 11.2. The zero-order valence-corrected chi connectivity index (χ0v) is 19.3. The number of hydrogen-bond acceptors (Lipinski definition) is 4. The van der Waals surface area contributed by atoms with E-state index in [1.54, 1.807) is 0 Å². The maximum Gasteiger partial charge on any atom is 0.191 e. The molecule has 1 heterocycles. The van der Waals surface area contributed by atoms with Gasteiger partial charge in [-0.3, -0.25) is 4.99 Å². The van der Waals surface area contributed by atoms with E-state index >= 15 is 0 Å². The van der Waals surface area contributed by atoms with Crippen LogP contribution < -0.4 is 10.6 Å². The Hall–Kier alpha value is -0.830. The van der Waals surface area contributed by atoms with E-state index in [4.69, 9.17) is 9.26 Å². The number of hydrogen-bond donors (Lipinski definition) is 2. The average molecular weight is 478 g/mol. The molecule has 26 heavy (non-hydrogen) atoms. The van der Waals surface area contributed by atoms with Crippen LogP contribution in [-0.4, -0.2) is 43.5 Å². The minimum atomic E-state index is 0. The van der Waals surface area contributed by atoms with Gasteiger partial charge in [0.1, 0.15) is 5.76 Å². The van der Waals surface area contributed by atoms with Crippen molar-refractivity contribution in [3.63, 3.8) is 0 Å². The number of aryl methyl sites for hydroxylation is 2. The van der Waals surface area contributed by atoms with Crippen molar-refractivity contribution in [2.45, 2.75) is 72.4 Å². The van der Waals surface area contributed by atoms with Gasteiger partial charge in [-0.2, -0.15) is 0 Å². The van der Waals surface area contributed by atoms with Crippen LogP contribution in [0, 0.1) is 19.3 Å². The first-order valence-electron chi connectivity index (χ1n) is 9.52. The molecule has 1 aromatic rings. The number of aromatic nitrogens is 1. The molecule has 2 atom stereocenters. The molecule has 1 aromatic heterocycles. The first-order chi connectivity index (χ1) is 12.0. The van der Waals surface area contributed by atoms with Gasteiger partial charge in [-0.05, 0) is 46.5 Å². The number of ether oxygens (including phenoxy) is 1. The summed E-state index contributed by atoms with van der Waals surface area (Å²) in [6.07, 6.45) is 4.50. The number of rotatable bonds is 8. The van der Waals surface area contributed by atoms with Crippen LogP contribution in [0.5, 0.6) is 0 Å². The van der Waals surface area contributed by atoms with Crippen molar-refractivity contribution in [1.29, 1.82) is 0 Å². The van der Waals surface area contributed by atoms with Gasteiger partial charge in [0.15, 0.2) is 5.96 Å². The molecule has 2 unspecified atom stereocenters. The fraction of sp³-hybridized carbons (Fsp3) is 0.789. The molecule has 0 amide bonds. The Bertz CT molecular complexity index is 565. The van der Waals surface area contributed by atoms with Crippen LogP contribution in [-0.2, 0) is 11.2 Å². The largest absolute Gasteiger partial charge is 0.378 e. The monoisotopic (exact) mass is 478 g/mol. The SMILES string of the molecule is CCOC1CC(NC(=NC)NCCc2c(C)noc2C)C1(CC)CC.I. The van der Waals surface area contributed by atoms with Crippen molar-refractivity contribution in [2.75, 3.05) is 20.2 Å². The van der Waals surface area contributed by atoms with Crippen molar-refractivity contribution in [2.24, 2.45) is 10.4 Å². The highest BCUT2D eigenvalue weighted by atomic mass is 127. The minimum absolute atomic E-state index is 0. The van der Waals surface area contributed by atoms with Crippen LogP contribution in [0.3, 0.4) is 0 Å². The number of guanidine groups is 1. The zero-order valence-electron chi connectivity index (χ0n) is 17.0. The highest BCUT2D eigenvalue weighted by molar-refractivity contribution is 14.0. The van der Waals surface area contributed by atoms with Crippen LogP contribution >= 0.6 is 24.0 Å². The Balaban J connectivity index is 0.00000338. The maximum atomic E-state index is 5.96. The van der Waals surface area contributed by atoms with Gasteiger partial charge in [-0.25, -0.2) is 0 Å². The molecule has 0 spiro atoms. The summed E-state index contributed by atoms with van der Waals surface area (Å²) in [7, 11) is 1.82. The normalized spacial score (nSPS) is 21.7. The van der Waals surface area contributed by atoms with E-state index in [0.29, 0.717) is 12.1 Å². The molecular weight excluding hydrogens is 443 g/mol. The van der Waals surface area contributed by atoms with Gasteiger partial charge in [0.2, 0.25) is 0 Å².